The first-order chi connectivity index (χ1) is 8.83. The van der Waals surface area contributed by atoms with Crippen LogP contribution in [0.25, 0.3) is 0 Å². The molecule has 2 saturated heterocycles. The maximum atomic E-state index is 12.6. The summed E-state index contributed by atoms with van der Waals surface area (Å²) in [5.41, 5.74) is -0.552. The number of piperazine rings is 1. The minimum Gasteiger partial charge on any atom is -0.339 e. The van der Waals surface area contributed by atoms with Gasteiger partial charge in [-0.05, 0) is 13.8 Å². The highest BCUT2D eigenvalue weighted by atomic mass is 32.2. The molecule has 19 heavy (non-hydrogen) atoms. The molecule has 0 radical (unpaired) electrons. The maximum Gasteiger partial charge on any atom is 0.242 e. The van der Waals surface area contributed by atoms with Crippen LogP contribution < -0.4 is 5.32 Å². The van der Waals surface area contributed by atoms with Gasteiger partial charge in [0, 0.05) is 39.3 Å². The fourth-order valence-corrected chi connectivity index (χ4v) is 3.86. The van der Waals surface area contributed by atoms with Crippen molar-refractivity contribution in [3.05, 3.63) is 0 Å². The average Bonchev–Trinajstić information content (AvgIpc) is 2.39. The van der Waals surface area contributed by atoms with Crippen molar-refractivity contribution in [1.82, 2.24) is 15.1 Å². The predicted molar refractivity (Wildman–Crippen MR) is 73.8 cm³/mol. The Bertz CT molecular complexity index is 427. The van der Waals surface area contributed by atoms with E-state index in [9.17, 15) is 13.2 Å². The van der Waals surface area contributed by atoms with Crippen LogP contribution in [-0.2, 0) is 14.6 Å². The summed E-state index contributed by atoms with van der Waals surface area (Å²) < 4.78 is 22.8. The van der Waals surface area contributed by atoms with Gasteiger partial charge in [-0.15, -0.1) is 0 Å². The number of amides is 1. The van der Waals surface area contributed by atoms with Gasteiger partial charge in [-0.2, -0.15) is 0 Å². The summed E-state index contributed by atoms with van der Waals surface area (Å²) in [7, 11) is -2.94. The zero-order valence-corrected chi connectivity index (χ0v) is 12.5. The Balaban J connectivity index is 2.01. The molecular formula is C12H23N3O3S. The van der Waals surface area contributed by atoms with Crippen molar-refractivity contribution in [3.63, 3.8) is 0 Å². The molecule has 110 valence electrons. The van der Waals surface area contributed by atoms with Crippen LogP contribution >= 0.6 is 0 Å². The molecule has 2 rings (SSSR count). The molecule has 2 heterocycles. The second-order valence-corrected chi connectivity index (χ2v) is 8.04. The fourth-order valence-electron chi connectivity index (χ4n) is 2.66. The van der Waals surface area contributed by atoms with Gasteiger partial charge in [-0.1, -0.05) is 0 Å². The minimum absolute atomic E-state index is 0.0456. The number of hydrogen-bond donors (Lipinski definition) is 1. The van der Waals surface area contributed by atoms with Gasteiger partial charge in [0.1, 0.15) is 0 Å². The van der Waals surface area contributed by atoms with Gasteiger partial charge >= 0.3 is 0 Å². The molecule has 2 fully saturated rings. The topological polar surface area (TPSA) is 69.7 Å². The van der Waals surface area contributed by atoms with Crippen molar-refractivity contribution in [1.29, 1.82) is 0 Å². The Morgan fingerprint density at radius 2 is 1.58 bits per heavy atom. The van der Waals surface area contributed by atoms with Crippen LogP contribution in [0.2, 0.25) is 0 Å². The molecular weight excluding hydrogens is 266 g/mol. The monoisotopic (exact) mass is 289 g/mol. The molecule has 6 nitrogen and oxygen atoms in total. The largest absolute Gasteiger partial charge is 0.339 e. The Labute approximate surface area is 115 Å². The Kier molecular flexibility index (Phi) is 4.17. The molecule has 2 aliphatic rings. The molecule has 0 spiro atoms. The third-order valence-corrected chi connectivity index (χ3v) is 5.67. The molecule has 1 amide bonds. The summed E-state index contributed by atoms with van der Waals surface area (Å²) in [6.07, 6.45) is 0. The Hall–Kier alpha value is -0.660. The number of rotatable bonds is 2. The standard InChI is InChI=1S/C12H23N3O3S/c1-12(2,15-5-3-13-4-6-15)11(16)14-7-9-19(17,18)10-8-14/h13H,3-10H2,1-2H3. The maximum absolute atomic E-state index is 12.6. The molecule has 0 aromatic heterocycles. The van der Waals surface area contributed by atoms with Crippen molar-refractivity contribution in [2.45, 2.75) is 19.4 Å². The summed E-state index contributed by atoms with van der Waals surface area (Å²) >= 11 is 0. The molecule has 7 heteroatoms. The van der Waals surface area contributed by atoms with E-state index in [0.717, 1.165) is 26.2 Å². The summed E-state index contributed by atoms with van der Waals surface area (Å²) in [4.78, 5) is 16.5. The van der Waals surface area contributed by atoms with Crippen LogP contribution in [0.1, 0.15) is 13.8 Å². The van der Waals surface area contributed by atoms with Crippen LogP contribution in [0.15, 0.2) is 0 Å². The normalized spacial score (nSPS) is 25.3. The SMILES string of the molecule is CC(C)(C(=O)N1CCS(=O)(=O)CC1)N1CCNCC1. The van der Waals surface area contributed by atoms with Crippen LogP contribution in [0.3, 0.4) is 0 Å². The lowest BCUT2D eigenvalue weighted by Gasteiger charge is -2.43. The van der Waals surface area contributed by atoms with E-state index in [0.29, 0.717) is 13.1 Å². The van der Waals surface area contributed by atoms with E-state index in [4.69, 9.17) is 0 Å². The van der Waals surface area contributed by atoms with Gasteiger partial charge in [-0.3, -0.25) is 9.69 Å². The number of hydrogen-bond acceptors (Lipinski definition) is 5. The highest BCUT2D eigenvalue weighted by molar-refractivity contribution is 7.91. The lowest BCUT2D eigenvalue weighted by Crippen LogP contribution is -2.62. The van der Waals surface area contributed by atoms with Gasteiger partial charge in [-0.25, -0.2) is 8.42 Å². The fraction of sp³-hybridized carbons (Fsp3) is 0.917. The summed E-state index contributed by atoms with van der Waals surface area (Å²) in [5.74, 6) is 0.233. The number of carbonyl (C=O) groups excluding carboxylic acids is 1. The summed E-state index contributed by atoms with van der Waals surface area (Å²) in [6, 6.07) is 0. The molecule has 1 N–H and O–H groups in total. The predicted octanol–water partition coefficient (Wildman–Crippen LogP) is -1.07. The van der Waals surface area contributed by atoms with Crippen molar-refractivity contribution in [3.8, 4) is 0 Å². The number of carbonyl (C=O) groups is 1. The van der Waals surface area contributed by atoms with Crippen molar-refractivity contribution < 1.29 is 13.2 Å². The highest BCUT2D eigenvalue weighted by Gasteiger charge is 2.39. The first-order valence-electron chi connectivity index (χ1n) is 6.78. The molecule has 0 unspecified atom stereocenters. The van der Waals surface area contributed by atoms with E-state index in [1.54, 1.807) is 4.90 Å². The van der Waals surface area contributed by atoms with Gasteiger partial charge in [0.15, 0.2) is 9.84 Å². The lowest BCUT2D eigenvalue weighted by atomic mass is 9.99. The Morgan fingerprint density at radius 3 is 2.11 bits per heavy atom. The van der Waals surface area contributed by atoms with Gasteiger partial charge in [0.25, 0.3) is 0 Å². The van der Waals surface area contributed by atoms with Crippen LogP contribution in [-0.4, -0.2) is 80.4 Å². The third kappa shape index (κ3) is 3.27. The van der Waals surface area contributed by atoms with Crippen LogP contribution in [0.4, 0.5) is 0 Å². The number of nitrogens with zero attached hydrogens (tertiary/aromatic N) is 2. The smallest absolute Gasteiger partial charge is 0.242 e. The number of sulfone groups is 1. The van der Waals surface area contributed by atoms with Gasteiger partial charge in [0.05, 0.1) is 17.0 Å². The third-order valence-electron chi connectivity index (χ3n) is 4.06. The summed E-state index contributed by atoms with van der Waals surface area (Å²) in [6.45, 7) is 8.02. The lowest BCUT2D eigenvalue weighted by molar-refractivity contribution is -0.142. The first-order valence-corrected chi connectivity index (χ1v) is 8.61. The van der Waals surface area contributed by atoms with Gasteiger partial charge < -0.3 is 10.2 Å². The van der Waals surface area contributed by atoms with Gasteiger partial charge in [0.2, 0.25) is 5.91 Å². The minimum atomic E-state index is -2.94. The van der Waals surface area contributed by atoms with Crippen molar-refractivity contribution in [2.75, 3.05) is 50.8 Å². The zero-order valence-electron chi connectivity index (χ0n) is 11.7. The average molecular weight is 289 g/mol. The zero-order chi connectivity index (χ0) is 14.1. The van der Waals surface area contributed by atoms with Crippen molar-refractivity contribution >= 4 is 15.7 Å². The van der Waals surface area contributed by atoms with E-state index in [1.165, 1.54) is 0 Å². The van der Waals surface area contributed by atoms with Crippen LogP contribution in [0.5, 0.6) is 0 Å². The van der Waals surface area contributed by atoms with E-state index in [2.05, 4.69) is 10.2 Å². The molecule has 0 aromatic rings. The second-order valence-electron chi connectivity index (χ2n) is 5.74. The van der Waals surface area contributed by atoms with E-state index < -0.39 is 15.4 Å². The Morgan fingerprint density at radius 1 is 1.05 bits per heavy atom. The molecule has 0 aliphatic carbocycles. The van der Waals surface area contributed by atoms with Crippen molar-refractivity contribution in [2.24, 2.45) is 0 Å². The van der Waals surface area contributed by atoms with E-state index >= 15 is 0 Å². The molecule has 0 saturated carbocycles. The molecule has 2 aliphatic heterocycles. The quantitative estimate of drug-likeness (QED) is 0.701. The number of nitrogens with one attached hydrogen (secondary N) is 1. The summed E-state index contributed by atoms with van der Waals surface area (Å²) in [5, 5.41) is 3.27. The molecule has 0 bridgehead atoms. The second kappa shape index (κ2) is 5.38. The molecule has 0 aromatic carbocycles. The van der Waals surface area contributed by atoms with Crippen LogP contribution in [0, 0.1) is 0 Å². The first kappa shape index (κ1) is 14.7. The van der Waals surface area contributed by atoms with E-state index in [-0.39, 0.29) is 17.4 Å². The molecule has 0 atom stereocenters. The van der Waals surface area contributed by atoms with E-state index in [1.807, 2.05) is 13.8 Å². The highest BCUT2D eigenvalue weighted by Crippen LogP contribution is 2.19.